The summed E-state index contributed by atoms with van der Waals surface area (Å²) in [4.78, 5) is 21.6. The van der Waals surface area contributed by atoms with Crippen molar-refractivity contribution in [2.45, 2.75) is 6.42 Å². The number of hydrogen-bond acceptors (Lipinski definition) is 7. The molecule has 0 aliphatic heterocycles. The molecule has 2 aromatic carbocycles. The Labute approximate surface area is 193 Å². The second-order valence-corrected chi connectivity index (χ2v) is 8.40. The van der Waals surface area contributed by atoms with E-state index in [1.54, 1.807) is 24.5 Å². The van der Waals surface area contributed by atoms with Crippen LogP contribution in [0.15, 0.2) is 48.8 Å². The molecule has 2 aromatic heterocycles. The summed E-state index contributed by atoms with van der Waals surface area (Å²) >= 11 is 7.32. The van der Waals surface area contributed by atoms with E-state index in [2.05, 4.69) is 15.3 Å². The molecule has 4 aromatic rings. The summed E-state index contributed by atoms with van der Waals surface area (Å²) < 4.78 is 7.67. The normalized spacial score (nSPS) is 11.2. The minimum Gasteiger partial charge on any atom is -0.493 e. The Hall–Kier alpha value is -2.98. The van der Waals surface area contributed by atoms with Crippen molar-refractivity contribution in [2.75, 3.05) is 26.3 Å². The van der Waals surface area contributed by atoms with Gasteiger partial charge in [0.25, 0.3) is 5.91 Å². The van der Waals surface area contributed by atoms with Crippen LogP contribution in [0.5, 0.6) is 5.75 Å². The number of rotatable bonds is 10. The lowest BCUT2D eigenvalue weighted by atomic mass is 10.1. The SMILES string of the molecule is NC(=O)c1sc(-n2cnc3ccc(OCCCNCCO)cc32)nc1-c1cccc(Cl)c1. The summed E-state index contributed by atoms with van der Waals surface area (Å²) in [5.41, 5.74) is 8.42. The number of fused-ring (bicyclic) bond motifs is 1. The number of carbonyl (C=O) groups excluding carboxylic acids is 1. The molecule has 0 aliphatic carbocycles. The fourth-order valence-corrected chi connectivity index (χ4v) is 4.35. The van der Waals surface area contributed by atoms with Gasteiger partial charge in [-0.3, -0.25) is 9.36 Å². The Morgan fingerprint density at radius 2 is 2.12 bits per heavy atom. The third kappa shape index (κ3) is 4.91. The van der Waals surface area contributed by atoms with Crippen molar-refractivity contribution >= 4 is 39.9 Å². The number of imidazole rings is 1. The molecular formula is C22H22ClN5O3S. The van der Waals surface area contributed by atoms with Crippen LogP contribution in [0.2, 0.25) is 5.02 Å². The average Bonchev–Trinajstić information content (AvgIpc) is 3.40. The number of aliphatic hydroxyl groups excluding tert-OH is 1. The van der Waals surface area contributed by atoms with Gasteiger partial charge in [0.15, 0.2) is 5.13 Å². The Kier molecular flexibility index (Phi) is 7.01. The zero-order chi connectivity index (χ0) is 22.5. The summed E-state index contributed by atoms with van der Waals surface area (Å²) in [6.45, 7) is 2.00. The van der Waals surface area contributed by atoms with Crippen molar-refractivity contribution in [1.29, 1.82) is 0 Å². The lowest BCUT2D eigenvalue weighted by Crippen LogP contribution is -2.20. The highest BCUT2D eigenvalue weighted by Gasteiger charge is 2.20. The topological polar surface area (TPSA) is 115 Å². The molecule has 1 amide bonds. The van der Waals surface area contributed by atoms with Crippen molar-refractivity contribution in [2.24, 2.45) is 5.73 Å². The summed E-state index contributed by atoms with van der Waals surface area (Å²) in [6.07, 6.45) is 2.48. The van der Waals surface area contributed by atoms with Crippen LogP contribution in [0.1, 0.15) is 16.1 Å². The number of hydrogen-bond donors (Lipinski definition) is 3. The second kappa shape index (κ2) is 10.1. The van der Waals surface area contributed by atoms with Gasteiger partial charge >= 0.3 is 0 Å². The molecule has 0 unspecified atom stereocenters. The molecule has 0 fully saturated rings. The van der Waals surface area contributed by atoms with Gasteiger partial charge < -0.3 is 20.9 Å². The molecule has 0 radical (unpaired) electrons. The maximum Gasteiger partial charge on any atom is 0.261 e. The molecule has 0 saturated carbocycles. The smallest absolute Gasteiger partial charge is 0.261 e. The minimum atomic E-state index is -0.549. The summed E-state index contributed by atoms with van der Waals surface area (Å²) in [7, 11) is 0. The molecule has 0 spiro atoms. The zero-order valence-corrected chi connectivity index (χ0v) is 18.7. The number of thiazole rings is 1. The lowest BCUT2D eigenvalue weighted by Gasteiger charge is -2.07. The van der Waals surface area contributed by atoms with Crippen molar-refractivity contribution in [3.05, 3.63) is 58.7 Å². The van der Waals surface area contributed by atoms with E-state index in [0.29, 0.717) is 39.6 Å². The van der Waals surface area contributed by atoms with Gasteiger partial charge in [0.2, 0.25) is 0 Å². The first-order valence-corrected chi connectivity index (χ1v) is 11.2. The van der Waals surface area contributed by atoms with Crippen LogP contribution in [0.25, 0.3) is 27.4 Å². The number of aromatic nitrogens is 3. The van der Waals surface area contributed by atoms with Gasteiger partial charge in [0.1, 0.15) is 17.0 Å². The van der Waals surface area contributed by atoms with Gasteiger partial charge in [-0.05, 0) is 37.2 Å². The van der Waals surface area contributed by atoms with Gasteiger partial charge in [-0.15, -0.1) is 0 Å². The maximum absolute atomic E-state index is 12.1. The fraction of sp³-hybridized carbons (Fsp3) is 0.227. The largest absolute Gasteiger partial charge is 0.493 e. The van der Waals surface area contributed by atoms with Gasteiger partial charge in [0, 0.05) is 23.2 Å². The van der Waals surface area contributed by atoms with Gasteiger partial charge in [0.05, 0.1) is 29.9 Å². The minimum absolute atomic E-state index is 0.120. The Bertz CT molecular complexity index is 1240. The fourth-order valence-electron chi connectivity index (χ4n) is 3.23. The zero-order valence-electron chi connectivity index (χ0n) is 17.1. The Morgan fingerprint density at radius 3 is 2.91 bits per heavy atom. The van der Waals surface area contributed by atoms with Gasteiger partial charge in [-0.1, -0.05) is 35.1 Å². The van der Waals surface area contributed by atoms with E-state index >= 15 is 0 Å². The molecule has 2 heterocycles. The highest BCUT2D eigenvalue weighted by molar-refractivity contribution is 7.16. The third-order valence-electron chi connectivity index (χ3n) is 4.72. The molecule has 0 aliphatic rings. The molecule has 32 heavy (non-hydrogen) atoms. The van der Waals surface area contributed by atoms with Crippen molar-refractivity contribution < 1.29 is 14.6 Å². The predicted octanol–water partition coefficient (Wildman–Crippen LogP) is 3.25. The van der Waals surface area contributed by atoms with Crippen molar-refractivity contribution in [3.8, 4) is 22.1 Å². The van der Waals surface area contributed by atoms with Crippen LogP contribution in [-0.4, -0.2) is 51.9 Å². The lowest BCUT2D eigenvalue weighted by molar-refractivity contribution is 0.100. The van der Waals surface area contributed by atoms with E-state index in [4.69, 9.17) is 27.2 Å². The third-order valence-corrected chi connectivity index (χ3v) is 6.02. The highest BCUT2D eigenvalue weighted by atomic mass is 35.5. The molecule has 4 rings (SSSR count). The highest BCUT2D eigenvalue weighted by Crippen LogP contribution is 2.33. The molecule has 4 N–H and O–H groups in total. The average molecular weight is 472 g/mol. The monoisotopic (exact) mass is 471 g/mol. The summed E-state index contributed by atoms with van der Waals surface area (Å²) in [5.74, 6) is 0.162. The van der Waals surface area contributed by atoms with E-state index in [-0.39, 0.29) is 6.61 Å². The number of aliphatic hydroxyl groups is 1. The molecule has 8 nitrogen and oxygen atoms in total. The number of nitrogens with two attached hydrogens (primary N) is 1. The van der Waals surface area contributed by atoms with E-state index in [0.717, 1.165) is 29.6 Å². The number of amides is 1. The van der Waals surface area contributed by atoms with E-state index in [1.165, 1.54) is 11.3 Å². The van der Waals surface area contributed by atoms with Crippen LogP contribution in [0.4, 0.5) is 0 Å². The molecule has 0 bridgehead atoms. The van der Waals surface area contributed by atoms with Crippen LogP contribution < -0.4 is 15.8 Å². The second-order valence-electron chi connectivity index (χ2n) is 6.99. The van der Waals surface area contributed by atoms with Crippen LogP contribution >= 0.6 is 22.9 Å². The van der Waals surface area contributed by atoms with E-state index in [1.807, 2.05) is 28.8 Å². The summed E-state index contributed by atoms with van der Waals surface area (Å²) in [6, 6.07) is 12.8. The quantitative estimate of drug-likeness (QED) is 0.306. The standard InChI is InChI=1S/C22H22ClN5O3S/c23-15-4-1-3-14(11-15)19-20(21(24)30)32-22(27-19)28-13-26-17-6-5-16(12-18(17)28)31-10-2-7-25-8-9-29/h1,3-6,11-13,25,29H,2,7-10H2,(H2,24,30). The number of primary amides is 1. The van der Waals surface area contributed by atoms with Gasteiger partial charge in [-0.2, -0.15) is 0 Å². The van der Waals surface area contributed by atoms with Gasteiger partial charge in [-0.25, -0.2) is 9.97 Å². The number of ether oxygens (including phenoxy) is 1. The maximum atomic E-state index is 12.1. The van der Waals surface area contributed by atoms with E-state index in [9.17, 15) is 4.79 Å². The van der Waals surface area contributed by atoms with Crippen LogP contribution in [-0.2, 0) is 0 Å². The summed E-state index contributed by atoms with van der Waals surface area (Å²) in [5, 5.41) is 13.0. The van der Waals surface area contributed by atoms with Crippen LogP contribution in [0.3, 0.4) is 0 Å². The number of carbonyl (C=O) groups is 1. The number of benzene rings is 2. The molecule has 0 atom stereocenters. The number of nitrogens with zero attached hydrogens (tertiary/aromatic N) is 3. The number of halogens is 1. The molecule has 10 heteroatoms. The first-order chi connectivity index (χ1) is 15.6. The molecule has 0 saturated heterocycles. The Morgan fingerprint density at radius 1 is 1.25 bits per heavy atom. The predicted molar refractivity (Wildman–Crippen MR) is 126 cm³/mol. The Balaban J connectivity index is 1.62. The first-order valence-electron chi connectivity index (χ1n) is 10.0. The van der Waals surface area contributed by atoms with E-state index < -0.39 is 5.91 Å². The first kappa shape index (κ1) is 22.2. The van der Waals surface area contributed by atoms with Crippen LogP contribution in [0, 0.1) is 0 Å². The number of nitrogens with one attached hydrogen (secondary N) is 1. The molecule has 166 valence electrons. The molecular weight excluding hydrogens is 450 g/mol. The van der Waals surface area contributed by atoms with Crippen molar-refractivity contribution in [1.82, 2.24) is 19.9 Å². The van der Waals surface area contributed by atoms with Crippen molar-refractivity contribution in [3.63, 3.8) is 0 Å².